The van der Waals surface area contributed by atoms with E-state index < -0.39 is 0 Å². The standard InChI is InChI=1S/C13H16BrNO/c14-13-5-1-3-11(7-13)8-15-9-12-4-2-6-16-10-12/h1,3-5,7,15H,2,6,8-10H2. The van der Waals surface area contributed by atoms with Crippen LogP contribution in [0.15, 0.2) is 40.4 Å². The lowest BCUT2D eigenvalue weighted by atomic mass is 10.2. The lowest BCUT2D eigenvalue weighted by molar-refractivity contribution is 0.149. The Bertz CT molecular complexity index is 376. The van der Waals surface area contributed by atoms with Crippen molar-refractivity contribution in [1.82, 2.24) is 5.32 Å². The Hall–Kier alpha value is -0.640. The zero-order chi connectivity index (χ0) is 11.2. The maximum absolute atomic E-state index is 5.39. The van der Waals surface area contributed by atoms with Crippen LogP contribution in [-0.2, 0) is 11.3 Å². The molecule has 86 valence electrons. The van der Waals surface area contributed by atoms with Gasteiger partial charge < -0.3 is 10.1 Å². The highest BCUT2D eigenvalue weighted by Crippen LogP contribution is 2.11. The summed E-state index contributed by atoms with van der Waals surface area (Å²) >= 11 is 3.47. The first-order chi connectivity index (χ1) is 7.84. The highest BCUT2D eigenvalue weighted by molar-refractivity contribution is 9.10. The van der Waals surface area contributed by atoms with Crippen LogP contribution in [0, 0.1) is 0 Å². The Kier molecular flexibility index (Phi) is 4.57. The van der Waals surface area contributed by atoms with E-state index in [0.717, 1.165) is 37.2 Å². The quantitative estimate of drug-likeness (QED) is 0.857. The molecule has 0 fully saturated rings. The minimum Gasteiger partial charge on any atom is -0.377 e. The summed E-state index contributed by atoms with van der Waals surface area (Å²) < 4.78 is 6.52. The minimum absolute atomic E-state index is 0.783. The van der Waals surface area contributed by atoms with Crippen LogP contribution in [0.4, 0.5) is 0 Å². The summed E-state index contributed by atoms with van der Waals surface area (Å²) in [6.45, 7) is 3.48. The Morgan fingerprint density at radius 2 is 2.25 bits per heavy atom. The molecule has 0 aromatic heterocycles. The molecule has 0 radical (unpaired) electrons. The molecule has 1 aromatic carbocycles. The van der Waals surface area contributed by atoms with Crippen molar-refractivity contribution < 1.29 is 4.74 Å². The molecular weight excluding hydrogens is 266 g/mol. The summed E-state index contributed by atoms with van der Waals surface area (Å²) in [5.41, 5.74) is 2.66. The molecule has 1 N–H and O–H groups in total. The van der Waals surface area contributed by atoms with E-state index >= 15 is 0 Å². The van der Waals surface area contributed by atoms with Crippen LogP contribution in [0.3, 0.4) is 0 Å². The molecule has 1 aliphatic rings. The third-order valence-electron chi connectivity index (χ3n) is 2.55. The first-order valence-electron chi connectivity index (χ1n) is 5.55. The number of benzene rings is 1. The third kappa shape index (κ3) is 3.74. The van der Waals surface area contributed by atoms with Gasteiger partial charge in [0, 0.05) is 17.6 Å². The number of ether oxygens (including phenoxy) is 1. The van der Waals surface area contributed by atoms with Crippen molar-refractivity contribution in [2.24, 2.45) is 0 Å². The van der Waals surface area contributed by atoms with Crippen molar-refractivity contribution >= 4 is 15.9 Å². The summed E-state index contributed by atoms with van der Waals surface area (Å²) in [7, 11) is 0. The van der Waals surface area contributed by atoms with Crippen LogP contribution < -0.4 is 5.32 Å². The van der Waals surface area contributed by atoms with E-state index in [0.29, 0.717) is 0 Å². The average Bonchev–Trinajstić information content (AvgIpc) is 2.30. The predicted octanol–water partition coefficient (Wildman–Crippen LogP) is 2.89. The van der Waals surface area contributed by atoms with Gasteiger partial charge in [-0.05, 0) is 29.7 Å². The van der Waals surface area contributed by atoms with Gasteiger partial charge in [0.1, 0.15) is 0 Å². The number of halogens is 1. The van der Waals surface area contributed by atoms with E-state index in [1.165, 1.54) is 11.1 Å². The molecule has 0 aliphatic carbocycles. The Morgan fingerprint density at radius 3 is 3.00 bits per heavy atom. The van der Waals surface area contributed by atoms with Crippen LogP contribution in [0.25, 0.3) is 0 Å². The van der Waals surface area contributed by atoms with E-state index in [9.17, 15) is 0 Å². The Morgan fingerprint density at radius 1 is 1.31 bits per heavy atom. The van der Waals surface area contributed by atoms with Crippen LogP contribution in [0.2, 0.25) is 0 Å². The lowest BCUT2D eigenvalue weighted by Gasteiger charge is -2.14. The first kappa shape index (κ1) is 11.8. The number of hydrogen-bond donors (Lipinski definition) is 1. The van der Waals surface area contributed by atoms with E-state index in [-0.39, 0.29) is 0 Å². The van der Waals surface area contributed by atoms with Crippen LogP contribution in [-0.4, -0.2) is 19.8 Å². The van der Waals surface area contributed by atoms with Gasteiger partial charge in [-0.2, -0.15) is 0 Å². The van der Waals surface area contributed by atoms with Crippen molar-refractivity contribution in [2.45, 2.75) is 13.0 Å². The fraction of sp³-hybridized carbons (Fsp3) is 0.385. The molecule has 2 nitrogen and oxygen atoms in total. The molecule has 2 rings (SSSR count). The van der Waals surface area contributed by atoms with Crippen molar-refractivity contribution in [3.05, 3.63) is 46.0 Å². The number of rotatable bonds is 4. The summed E-state index contributed by atoms with van der Waals surface area (Å²) in [6, 6.07) is 8.37. The van der Waals surface area contributed by atoms with E-state index in [1.807, 2.05) is 6.07 Å². The third-order valence-corrected chi connectivity index (χ3v) is 3.05. The summed E-state index contributed by atoms with van der Waals surface area (Å²) in [5.74, 6) is 0. The molecule has 0 saturated heterocycles. The summed E-state index contributed by atoms with van der Waals surface area (Å²) in [5, 5.41) is 3.43. The normalized spacial score (nSPS) is 15.9. The van der Waals surface area contributed by atoms with Crippen molar-refractivity contribution in [3.8, 4) is 0 Å². The second-order valence-corrected chi connectivity index (χ2v) is 4.85. The van der Waals surface area contributed by atoms with Gasteiger partial charge in [-0.15, -0.1) is 0 Å². The van der Waals surface area contributed by atoms with Crippen LogP contribution >= 0.6 is 15.9 Å². The Labute approximate surface area is 105 Å². The van der Waals surface area contributed by atoms with Crippen molar-refractivity contribution in [3.63, 3.8) is 0 Å². The van der Waals surface area contributed by atoms with Crippen LogP contribution in [0.5, 0.6) is 0 Å². The van der Waals surface area contributed by atoms with Gasteiger partial charge in [0.15, 0.2) is 0 Å². The molecule has 0 unspecified atom stereocenters. The monoisotopic (exact) mass is 281 g/mol. The number of hydrogen-bond acceptors (Lipinski definition) is 2. The lowest BCUT2D eigenvalue weighted by Crippen LogP contribution is -2.20. The van der Waals surface area contributed by atoms with Gasteiger partial charge in [-0.25, -0.2) is 0 Å². The highest BCUT2D eigenvalue weighted by atomic mass is 79.9. The van der Waals surface area contributed by atoms with Crippen molar-refractivity contribution in [2.75, 3.05) is 19.8 Å². The van der Waals surface area contributed by atoms with Gasteiger partial charge in [-0.1, -0.05) is 34.1 Å². The summed E-state index contributed by atoms with van der Waals surface area (Å²) in [4.78, 5) is 0. The van der Waals surface area contributed by atoms with E-state index in [4.69, 9.17) is 4.74 Å². The molecule has 0 saturated carbocycles. The molecule has 0 bridgehead atoms. The second-order valence-electron chi connectivity index (χ2n) is 3.94. The molecule has 16 heavy (non-hydrogen) atoms. The van der Waals surface area contributed by atoms with Gasteiger partial charge >= 0.3 is 0 Å². The zero-order valence-corrected chi connectivity index (χ0v) is 10.8. The zero-order valence-electron chi connectivity index (χ0n) is 9.21. The van der Waals surface area contributed by atoms with Gasteiger partial charge in [-0.3, -0.25) is 0 Å². The molecule has 0 atom stereocenters. The number of nitrogens with one attached hydrogen (secondary N) is 1. The molecule has 0 spiro atoms. The molecular formula is C13H16BrNO. The highest BCUT2D eigenvalue weighted by Gasteiger charge is 2.02. The van der Waals surface area contributed by atoms with Crippen molar-refractivity contribution in [1.29, 1.82) is 0 Å². The van der Waals surface area contributed by atoms with E-state index in [1.54, 1.807) is 0 Å². The SMILES string of the molecule is Brc1cccc(CNCC2=CCCOC2)c1. The van der Waals surface area contributed by atoms with Gasteiger partial charge in [0.2, 0.25) is 0 Å². The second kappa shape index (κ2) is 6.18. The topological polar surface area (TPSA) is 21.3 Å². The largest absolute Gasteiger partial charge is 0.377 e. The maximum atomic E-state index is 5.39. The Balaban J connectivity index is 1.77. The fourth-order valence-corrected chi connectivity index (χ4v) is 2.19. The maximum Gasteiger partial charge on any atom is 0.0689 e. The minimum atomic E-state index is 0.783. The molecule has 1 aromatic rings. The first-order valence-corrected chi connectivity index (χ1v) is 6.35. The molecule has 0 amide bonds. The smallest absolute Gasteiger partial charge is 0.0689 e. The average molecular weight is 282 g/mol. The fourth-order valence-electron chi connectivity index (χ4n) is 1.75. The molecule has 1 heterocycles. The summed E-state index contributed by atoms with van der Waals surface area (Å²) in [6.07, 6.45) is 3.32. The molecule has 3 heteroatoms. The van der Waals surface area contributed by atoms with E-state index in [2.05, 4.69) is 45.5 Å². The molecule has 1 aliphatic heterocycles. The van der Waals surface area contributed by atoms with Crippen LogP contribution in [0.1, 0.15) is 12.0 Å². The van der Waals surface area contributed by atoms with Gasteiger partial charge in [0.25, 0.3) is 0 Å². The predicted molar refractivity (Wildman–Crippen MR) is 69.4 cm³/mol. The van der Waals surface area contributed by atoms with Gasteiger partial charge in [0.05, 0.1) is 13.2 Å².